The van der Waals surface area contributed by atoms with Gasteiger partial charge >= 0.3 is 25.4 Å². The van der Waals surface area contributed by atoms with Crippen LogP contribution in [0, 0.1) is 0 Å². The lowest BCUT2D eigenvalue weighted by Crippen LogP contribution is -2.45. The number of esters is 2. The number of unbranched alkanes of at least 4 members (excludes halogenated alkanes) is 1. The highest BCUT2D eigenvalue weighted by Crippen LogP contribution is 2.47. The summed E-state index contributed by atoms with van der Waals surface area (Å²) in [5.74, 6) is -1.29. The Morgan fingerprint density at radius 1 is 1.18 bits per heavy atom. The Morgan fingerprint density at radius 3 is 2.51 bits per heavy atom. The summed E-state index contributed by atoms with van der Waals surface area (Å²) in [4.78, 5) is 50.3. The number of alkyl halides is 1. The Hall–Kier alpha value is -3.36. The molecule has 0 amide bonds. The zero-order chi connectivity index (χ0) is 33.4. The number of rotatable bonds is 16. The van der Waals surface area contributed by atoms with E-state index in [-0.39, 0.29) is 12.2 Å². The summed E-state index contributed by atoms with van der Waals surface area (Å²) < 4.78 is 58.4. The van der Waals surface area contributed by atoms with Gasteiger partial charge in [0, 0.05) is 18.7 Å². The molecule has 2 heterocycles. The van der Waals surface area contributed by atoms with Crippen molar-refractivity contribution >= 4 is 19.7 Å². The number of aromatic nitrogens is 2. The normalized spacial score (nSPS) is 22.4. The number of para-hydroxylation sites is 1. The first-order chi connectivity index (χ1) is 21.2. The van der Waals surface area contributed by atoms with Crippen molar-refractivity contribution in [1.29, 1.82) is 0 Å². The Morgan fingerprint density at radius 2 is 1.87 bits per heavy atom. The number of carbonyl (C=O) groups excluding carboxylic acids is 2. The molecule has 1 aromatic carbocycles. The van der Waals surface area contributed by atoms with Gasteiger partial charge in [-0.2, -0.15) is 5.09 Å². The van der Waals surface area contributed by atoms with E-state index < -0.39 is 80.5 Å². The Labute approximate surface area is 260 Å². The summed E-state index contributed by atoms with van der Waals surface area (Å²) in [6.45, 7) is 6.71. The summed E-state index contributed by atoms with van der Waals surface area (Å²) in [5.41, 5.74) is 1.90. The molecule has 6 atom stereocenters. The van der Waals surface area contributed by atoms with Gasteiger partial charge in [0.2, 0.25) is 0 Å². The van der Waals surface area contributed by atoms with Gasteiger partial charge in [0.05, 0.1) is 18.8 Å². The fraction of sp³-hybridized carbons (Fsp3) is 0.586. The number of hydrogen-bond donors (Lipinski definition) is 2. The van der Waals surface area contributed by atoms with Crippen LogP contribution in [0.2, 0.25) is 0 Å². The van der Waals surface area contributed by atoms with Crippen molar-refractivity contribution < 1.29 is 41.8 Å². The van der Waals surface area contributed by atoms with Crippen LogP contribution in [0.1, 0.15) is 66.5 Å². The summed E-state index contributed by atoms with van der Waals surface area (Å²) in [7, 11) is -4.26. The van der Waals surface area contributed by atoms with Gasteiger partial charge in [0.25, 0.3) is 5.56 Å². The number of nitrogens with zero attached hydrogens (tertiary/aromatic N) is 2. The van der Waals surface area contributed by atoms with Gasteiger partial charge in [0.1, 0.15) is 17.8 Å². The van der Waals surface area contributed by atoms with E-state index in [0.29, 0.717) is 17.4 Å². The number of nitrogens with one attached hydrogen (secondary N) is 1. The highest BCUT2D eigenvalue weighted by Gasteiger charge is 2.48. The number of benzene rings is 1. The number of carbonyl (C=O) groups is 2. The van der Waals surface area contributed by atoms with E-state index >= 15 is 4.39 Å². The molecule has 0 bridgehead atoms. The predicted molar refractivity (Wildman–Crippen MR) is 161 cm³/mol. The van der Waals surface area contributed by atoms with Gasteiger partial charge < -0.3 is 24.5 Å². The molecule has 1 fully saturated rings. The first kappa shape index (κ1) is 36.1. The molecule has 3 N–H and O–H groups in total. The van der Waals surface area contributed by atoms with Crippen molar-refractivity contribution in [2.24, 2.45) is 5.73 Å². The van der Waals surface area contributed by atoms with E-state index in [0.717, 1.165) is 23.3 Å². The molecule has 1 aromatic heterocycles. The van der Waals surface area contributed by atoms with Gasteiger partial charge in [-0.1, -0.05) is 38.0 Å². The maximum atomic E-state index is 15.9. The zero-order valence-electron chi connectivity index (χ0n) is 26.1. The molecule has 0 radical (unpaired) electrons. The molecule has 45 heavy (non-hydrogen) atoms. The summed E-state index contributed by atoms with van der Waals surface area (Å²) in [6, 6.07) is 7.09. The molecule has 3 rings (SSSR count). The third kappa shape index (κ3) is 10.1. The van der Waals surface area contributed by atoms with E-state index in [2.05, 4.69) is 5.09 Å². The molecule has 0 saturated carbocycles. The lowest BCUT2D eigenvalue weighted by Gasteiger charge is -2.24. The van der Waals surface area contributed by atoms with Gasteiger partial charge in [-0.05, 0) is 46.2 Å². The van der Waals surface area contributed by atoms with Crippen LogP contribution in [-0.4, -0.2) is 57.6 Å². The van der Waals surface area contributed by atoms with Crippen LogP contribution in [0.5, 0.6) is 5.75 Å². The minimum atomic E-state index is -4.26. The molecule has 1 saturated heterocycles. The Balaban J connectivity index is 1.76. The summed E-state index contributed by atoms with van der Waals surface area (Å²) >= 11 is 0. The highest BCUT2D eigenvalue weighted by atomic mass is 31.2. The van der Waals surface area contributed by atoms with E-state index in [1.807, 2.05) is 6.92 Å². The first-order valence-electron chi connectivity index (χ1n) is 14.7. The van der Waals surface area contributed by atoms with Crippen LogP contribution >= 0.6 is 7.75 Å². The lowest BCUT2D eigenvalue weighted by molar-refractivity contribution is -0.150. The molecule has 1 aliphatic heterocycles. The van der Waals surface area contributed by atoms with Gasteiger partial charge in [-0.25, -0.2) is 18.3 Å². The third-order valence-corrected chi connectivity index (χ3v) is 8.42. The smallest absolute Gasteiger partial charge is 0.459 e. The minimum Gasteiger partial charge on any atom is -0.462 e. The Bertz CT molecular complexity index is 1460. The lowest BCUT2D eigenvalue weighted by atomic mass is 10.0. The van der Waals surface area contributed by atoms with Gasteiger partial charge in [-0.15, -0.1) is 0 Å². The average molecular weight is 657 g/mol. The van der Waals surface area contributed by atoms with Gasteiger partial charge in [-0.3, -0.25) is 23.5 Å². The maximum absolute atomic E-state index is 15.9. The second-order valence-corrected chi connectivity index (χ2v) is 12.9. The van der Waals surface area contributed by atoms with E-state index in [1.165, 1.54) is 26.0 Å². The SMILES string of the molecule is CCCC[C@H](N)C(=O)OCn1c(=O)ccn([C@@H]2O[C@H](COP(=O)(N[C@@H](C)C(=O)OC(C)C)Oc3ccccc3)C[C@@]2(C)F)c1=O. The zero-order valence-corrected chi connectivity index (χ0v) is 26.9. The second-order valence-electron chi connectivity index (χ2n) is 11.2. The minimum absolute atomic E-state index is 0.180. The molecule has 0 aliphatic carbocycles. The third-order valence-electron chi connectivity index (χ3n) is 6.77. The van der Waals surface area contributed by atoms with Crippen LogP contribution in [-0.2, 0) is 39.6 Å². The van der Waals surface area contributed by atoms with Crippen molar-refractivity contribution in [3.63, 3.8) is 0 Å². The topological polar surface area (TPSA) is 179 Å². The molecule has 14 nitrogen and oxygen atoms in total. The monoisotopic (exact) mass is 656 g/mol. The predicted octanol–water partition coefficient (Wildman–Crippen LogP) is 3.18. The van der Waals surface area contributed by atoms with Crippen LogP contribution in [0.3, 0.4) is 0 Å². The molecule has 1 aliphatic rings. The molecule has 16 heteroatoms. The fourth-order valence-corrected chi connectivity index (χ4v) is 6.01. The average Bonchev–Trinajstić information content (AvgIpc) is 3.28. The standard InChI is InChI=1S/C29H42FN4O10P/c1-6-7-13-23(31)26(37)40-18-34-24(35)14-15-33(28(34)38)27-29(5,30)16-22(43-27)17-41-45(39,44-21-11-9-8-10-12-21)32-20(4)25(36)42-19(2)3/h8-12,14-15,19-20,22-23,27H,6-7,13,16-18,31H2,1-5H3,(H,32,39)/t20-,22-,23-,27+,29+,45?/m0/s1. The summed E-state index contributed by atoms with van der Waals surface area (Å²) in [6.07, 6.45) is -0.288. The van der Waals surface area contributed by atoms with Crippen molar-refractivity contribution in [3.8, 4) is 5.75 Å². The number of nitrogens with two attached hydrogens (primary N) is 1. The number of ether oxygens (including phenoxy) is 3. The molecular weight excluding hydrogens is 614 g/mol. The van der Waals surface area contributed by atoms with Crippen LogP contribution < -0.4 is 26.6 Å². The van der Waals surface area contributed by atoms with Gasteiger partial charge in [0.15, 0.2) is 18.6 Å². The van der Waals surface area contributed by atoms with E-state index in [1.54, 1.807) is 32.0 Å². The quantitative estimate of drug-likeness (QED) is 0.199. The van der Waals surface area contributed by atoms with Crippen molar-refractivity contribution in [2.75, 3.05) is 6.61 Å². The van der Waals surface area contributed by atoms with E-state index in [4.69, 9.17) is 29.0 Å². The molecular formula is C29H42FN4O10P. The molecule has 250 valence electrons. The highest BCUT2D eigenvalue weighted by molar-refractivity contribution is 7.52. The molecule has 2 aromatic rings. The second kappa shape index (κ2) is 15.8. The first-order valence-corrected chi connectivity index (χ1v) is 16.3. The largest absolute Gasteiger partial charge is 0.462 e. The van der Waals surface area contributed by atoms with Crippen molar-refractivity contribution in [1.82, 2.24) is 14.2 Å². The van der Waals surface area contributed by atoms with E-state index in [9.17, 15) is 23.7 Å². The van der Waals surface area contributed by atoms with Crippen LogP contribution in [0.4, 0.5) is 4.39 Å². The molecule has 1 unspecified atom stereocenters. The fourth-order valence-electron chi connectivity index (χ4n) is 4.49. The Kier molecular flexibility index (Phi) is 12.7. The molecule has 0 spiro atoms. The number of hydrogen-bond acceptors (Lipinski definition) is 11. The number of halogens is 1. The van der Waals surface area contributed by atoms with Crippen molar-refractivity contribution in [2.45, 2.75) is 103 Å². The van der Waals surface area contributed by atoms with Crippen LogP contribution in [0.15, 0.2) is 52.2 Å². The van der Waals surface area contributed by atoms with Crippen molar-refractivity contribution in [3.05, 3.63) is 63.4 Å². The maximum Gasteiger partial charge on any atom is 0.459 e. The summed E-state index contributed by atoms with van der Waals surface area (Å²) in [5, 5.41) is 2.54. The van der Waals surface area contributed by atoms with Crippen LogP contribution in [0.25, 0.3) is 0 Å².